The zero-order valence-electron chi connectivity index (χ0n) is 20.8. The third kappa shape index (κ3) is 4.50. The van der Waals surface area contributed by atoms with Crippen molar-refractivity contribution in [2.75, 3.05) is 23.3 Å². The van der Waals surface area contributed by atoms with Gasteiger partial charge in [0.2, 0.25) is 5.91 Å². The summed E-state index contributed by atoms with van der Waals surface area (Å²) in [6, 6.07) is 18.2. The fourth-order valence-corrected chi connectivity index (χ4v) is 4.92. The molecule has 1 saturated heterocycles. The Morgan fingerprint density at radius 2 is 1.77 bits per heavy atom. The zero-order valence-corrected chi connectivity index (χ0v) is 20.8. The van der Waals surface area contributed by atoms with Crippen LogP contribution in [-0.4, -0.2) is 39.0 Å². The maximum atomic E-state index is 13.1. The number of benzene rings is 2. The molecule has 0 radical (unpaired) electrons. The van der Waals surface area contributed by atoms with E-state index < -0.39 is 0 Å². The Balaban J connectivity index is 1.40. The van der Waals surface area contributed by atoms with Crippen LogP contribution in [0.2, 0.25) is 0 Å². The molecular formula is C28H32N6O. The molecule has 3 heterocycles. The summed E-state index contributed by atoms with van der Waals surface area (Å²) in [6.07, 6.45) is 1.77. The average Bonchev–Trinajstić information content (AvgIpc) is 3.23. The number of nitrogens with zero attached hydrogens (tertiary/aromatic N) is 5. The molecule has 0 bridgehead atoms. The highest BCUT2D eigenvalue weighted by Gasteiger charge is 2.29. The number of aryl methyl sites for hydroxylation is 2. The van der Waals surface area contributed by atoms with Gasteiger partial charge in [-0.15, -0.1) is 5.10 Å². The fourth-order valence-electron chi connectivity index (χ4n) is 4.92. The lowest BCUT2D eigenvalue weighted by Gasteiger charge is -2.32. The highest BCUT2D eigenvalue weighted by molar-refractivity contribution is 5.94. The van der Waals surface area contributed by atoms with Gasteiger partial charge in [-0.25, -0.2) is 4.68 Å². The molecule has 2 aromatic carbocycles. The van der Waals surface area contributed by atoms with E-state index >= 15 is 0 Å². The van der Waals surface area contributed by atoms with Crippen LogP contribution in [0.1, 0.15) is 49.6 Å². The smallest absolute Gasteiger partial charge is 0.229 e. The SMILES string of the molecule is Cc1nnc(N2CCCC(C(=O)Nc3ccc(C(C)C)cc3)C2)c2nn(-c3ccccc3)c(C)c12. The lowest BCUT2D eigenvalue weighted by molar-refractivity contribution is -0.120. The molecule has 1 N–H and O–H groups in total. The van der Waals surface area contributed by atoms with Gasteiger partial charge in [-0.1, -0.05) is 44.2 Å². The second-order valence-corrected chi connectivity index (χ2v) is 9.72. The number of nitrogens with one attached hydrogen (secondary N) is 1. The maximum absolute atomic E-state index is 13.1. The standard InChI is InChI=1S/C28H32N6O/c1-18(2)21-12-14-23(15-13-21)29-28(35)22-9-8-16-33(17-22)27-26-25(19(3)30-31-27)20(4)34(32-26)24-10-6-5-7-11-24/h5-7,10-15,18,22H,8-9,16-17H2,1-4H3,(H,29,35). The van der Waals surface area contributed by atoms with Gasteiger partial charge >= 0.3 is 0 Å². The third-order valence-corrected chi connectivity index (χ3v) is 6.92. The Morgan fingerprint density at radius 1 is 1.03 bits per heavy atom. The molecule has 7 nitrogen and oxygen atoms in total. The normalized spacial score (nSPS) is 16.1. The van der Waals surface area contributed by atoms with Crippen LogP contribution >= 0.6 is 0 Å². The number of hydrogen-bond donors (Lipinski definition) is 1. The van der Waals surface area contributed by atoms with E-state index in [1.807, 2.05) is 54.1 Å². The van der Waals surface area contributed by atoms with Crippen molar-refractivity contribution in [1.29, 1.82) is 0 Å². The van der Waals surface area contributed by atoms with E-state index in [1.165, 1.54) is 5.56 Å². The molecule has 1 amide bonds. The first-order valence-corrected chi connectivity index (χ1v) is 12.4. The van der Waals surface area contributed by atoms with Crippen LogP contribution < -0.4 is 10.2 Å². The number of para-hydroxylation sites is 1. The molecule has 0 saturated carbocycles. The van der Waals surface area contributed by atoms with Gasteiger partial charge in [-0.05, 0) is 62.4 Å². The first-order valence-electron chi connectivity index (χ1n) is 12.4. The topological polar surface area (TPSA) is 75.9 Å². The van der Waals surface area contributed by atoms with E-state index in [4.69, 9.17) is 5.10 Å². The predicted octanol–water partition coefficient (Wildman–Crippen LogP) is 5.41. The molecule has 1 fully saturated rings. The average molecular weight is 469 g/mol. The number of rotatable bonds is 5. The lowest BCUT2D eigenvalue weighted by Crippen LogP contribution is -2.41. The molecule has 1 aliphatic rings. The summed E-state index contributed by atoms with van der Waals surface area (Å²) in [6.45, 7) is 9.80. The molecule has 0 spiro atoms. The van der Waals surface area contributed by atoms with Crippen molar-refractivity contribution in [2.45, 2.75) is 46.5 Å². The minimum atomic E-state index is -0.121. The number of fused-ring (bicyclic) bond motifs is 1. The minimum Gasteiger partial charge on any atom is -0.352 e. The molecule has 7 heteroatoms. The van der Waals surface area contributed by atoms with E-state index in [0.717, 1.165) is 58.9 Å². The molecule has 0 aliphatic carbocycles. The van der Waals surface area contributed by atoms with Gasteiger partial charge in [0.1, 0.15) is 5.52 Å². The number of carbonyl (C=O) groups excluding carboxylic acids is 1. The van der Waals surface area contributed by atoms with Crippen molar-refractivity contribution in [1.82, 2.24) is 20.0 Å². The number of carbonyl (C=O) groups is 1. The Hall–Kier alpha value is -3.74. The van der Waals surface area contributed by atoms with Gasteiger partial charge in [0.25, 0.3) is 0 Å². The quantitative estimate of drug-likeness (QED) is 0.424. The van der Waals surface area contributed by atoms with Crippen molar-refractivity contribution in [3.05, 3.63) is 71.5 Å². The maximum Gasteiger partial charge on any atom is 0.229 e. The van der Waals surface area contributed by atoms with Crippen LogP contribution in [0.25, 0.3) is 16.6 Å². The minimum absolute atomic E-state index is 0.0503. The number of anilines is 2. The summed E-state index contributed by atoms with van der Waals surface area (Å²) >= 11 is 0. The third-order valence-electron chi connectivity index (χ3n) is 6.92. The lowest BCUT2D eigenvalue weighted by atomic mass is 9.96. The van der Waals surface area contributed by atoms with Gasteiger partial charge in [-0.2, -0.15) is 10.2 Å². The first kappa shape index (κ1) is 23.0. The van der Waals surface area contributed by atoms with Crippen LogP contribution in [0.15, 0.2) is 54.6 Å². The van der Waals surface area contributed by atoms with E-state index in [-0.39, 0.29) is 11.8 Å². The Kier molecular flexibility index (Phi) is 6.24. The Labute approximate surface area is 206 Å². The van der Waals surface area contributed by atoms with E-state index in [2.05, 4.69) is 53.3 Å². The number of piperidine rings is 1. The van der Waals surface area contributed by atoms with Crippen LogP contribution in [0, 0.1) is 19.8 Å². The highest BCUT2D eigenvalue weighted by atomic mass is 16.1. The zero-order chi connectivity index (χ0) is 24.5. The molecule has 1 aliphatic heterocycles. The Morgan fingerprint density at radius 3 is 2.49 bits per heavy atom. The van der Waals surface area contributed by atoms with Crippen LogP contribution in [0.4, 0.5) is 11.5 Å². The van der Waals surface area contributed by atoms with Crippen LogP contribution in [0.5, 0.6) is 0 Å². The summed E-state index contributed by atoms with van der Waals surface area (Å²) in [5, 5.41) is 18.1. The van der Waals surface area contributed by atoms with Crippen molar-refractivity contribution in [2.24, 2.45) is 5.92 Å². The summed E-state index contributed by atoms with van der Waals surface area (Å²) in [7, 11) is 0. The second-order valence-electron chi connectivity index (χ2n) is 9.72. The van der Waals surface area contributed by atoms with E-state index in [1.54, 1.807) is 0 Å². The van der Waals surface area contributed by atoms with Crippen LogP contribution in [0.3, 0.4) is 0 Å². The van der Waals surface area contributed by atoms with E-state index in [0.29, 0.717) is 12.5 Å². The number of amides is 1. The van der Waals surface area contributed by atoms with Crippen molar-refractivity contribution >= 4 is 28.3 Å². The largest absolute Gasteiger partial charge is 0.352 e. The Bertz CT molecular complexity index is 1340. The van der Waals surface area contributed by atoms with Gasteiger partial charge in [0, 0.05) is 18.8 Å². The van der Waals surface area contributed by atoms with Crippen molar-refractivity contribution < 1.29 is 4.79 Å². The van der Waals surface area contributed by atoms with Gasteiger partial charge in [0.05, 0.1) is 28.4 Å². The molecular weight excluding hydrogens is 436 g/mol. The summed E-state index contributed by atoms with van der Waals surface area (Å²) in [5.41, 5.74) is 5.84. The summed E-state index contributed by atoms with van der Waals surface area (Å²) < 4.78 is 1.96. The molecule has 180 valence electrons. The fraction of sp³-hybridized carbons (Fsp3) is 0.357. The molecule has 4 aromatic rings. The molecule has 1 unspecified atom stereocenters. The summed E-state index contributed by atoms with van der Waals surface area (Å²) in [5.74, 6) is 1.15. The first-order chi connectivity index (χ1) is 16.9. The van der Waals surface area contributed by atoms with Crippen LogP contribution in [-0.2, 0) is 4.79 Å². The van der Waals surface area contributed by atoms with E-state index in [9.17, 15) is 4.79 Å². The second kappa shape index (κ2) is 9.49. The van der Waals surface area contributed by atoms with Gasteiger partial charge < -0.3 is 10.2 Å². The molecule has 35 heavy (non-hydrogen) atoms. The monoisotopic (exact) mass is 468 g/mol. The molecule has 2 aromatic heterocycles. The summed E-state index contributed by atoms with van der Waals surface area (Å²) in [4.78, 5) is 15.3. The number of aromatic nitrogens is 4. The molecule has 5 rings (SSSR count). The van der Waals surface area contributed by atoms with Gasteiger partial charge in [0.15, 0.2) is 5.82 Å². The molecule has 1 atom stereocenters. The van der Waals surface area contributed by atoms with Gasteiger partial charge in [-0.3, -0.25) is 4.79 Å². The van der Waals surface area contributed by atoms with Crippen molar-refractivity contribution in [3.63, 3.8) is 0 Å². The van der Waals surface area contributed by atoms with Crippen molar-refractivity contribution in [3.8, 4) is 5.69 Å². The predicted molar refractivity (Wildman–Crippen MR) is 140 cm³/mol. The highest BCUT2D eigenvalue weighted by Crippen LogP contribution is 2.32. The number of hydrogen-bond acceptors (Lipinski definition) is 5.